The van der Waals surface area contributed by atoms with Crippen molar-refractivity contribution < 1.29 is 8.42 Å². The second-order valence-electron chi connectivity index (χ2n) is 4.83. The second kappa shape index (κ2) is 6.70. The van der Waals surface area contributed by atoms with Crippen LogP contribution in [0.15, 0.2) is 23.1 Å². The lowest BCUT2D eigenvalue weighted by Crippen LogP contribution is -2.37. The van der Waals surface area contributed by atoms with Gasteiger partial charge in [0.2, 0.25) is 10.0 Å². The van der Waals surface area contributed by atoms with E-state index in [0.717, 1.165) is 19.3 Å². The monoisotopic (exact) mass is 304 g/mol. The zero-order chi connectivity index (χ0) is 13.2. The van der Waals surface area contributed by atoms with Gasteiger partial charge in [0, 0.05) is 12.6 Å². The lowest BCUT2D eigenvalue weighted by molar-refractivity contribution is 0.554. The Balaban J connectivity index is 0.00000180. The molecule has 0 spiro atoms. The van der Waals surface area contributed by atoms with Crippen LogP contribution in [-0.4, -0.2) is 28.1 Å². The first-order valence-corrected chi connectivity index (χ1v) is 7.80. The Morgan fingerprint density at radius 3 is 2.63 bits per heavy atom. The first kappa shape index (κ1) is 16.4. The maximum Gasteiger partial charge on any atom is 0.240 e. The van der Waals surface area contributed by atoms with Crippen LogP contribution in [-0.2, 0) is 22.9 Å². The molecule has 1 aromatic rings. The summed E-state index contributed by atoms with van der Waals surface area (Å²) < 4.78 is 26.9. The third kappa shape index (κ3) is 3.92. The van der Waals surface area contributed by atoms with E-state index in [1.165, 1.54) is 11.1 Å². The zero-order valence-corrected chi connectivity index (χ0v) is 12.9. The largest absolute Gasteiger partial charge is 0.316 e. The fraction of sp³-hybridized carbons (Fsp3) is 0.538. The van der Waals surface area contributed by atoms with Gasteiger partial charge in [-0.15, -0.1) is 12.4 Å². The topological polar surface area (TPSA) is 58.2 Å². The maximum absolute atomic E-state index is 12.1. The molecule has 1 aliphatic rings. The predicted molar refractivity (Wildman–Crippen MR) is 79.4 cm³/mol. The van der Waals surface area contributed by atoms with Gasteiger partial charge in [-0.05, 0) is 56.5 Å². The minimum atomic E-state index is -3.38. The Morgan fingerprint density at radius 1 is 1.26 bits per heavy atom. The van der Waals surface area contributed by atoms with Crippen LogP contribution in [0.25, 0.3) is 0 Å². The van der Waals surface area contributed by atoms with Crippen molar-refractivity contribution in [2.24, 2.45) is 0 Å². The highest BCUT2D eigenvalue weighted by atomic mass is 35.5. The molecule has 1 atom stereocenters. The van der Waals surface area contributed by atoms with Crippen molar-refractivity contribution in [3.8, 4) is 0 Å². The van der Waals surface area contributed by atoms with E-state index in [1.54, 1.807) is 6.07 Å². The minimum Gasteiger partial charge on any atom is -0.316 e. The summed E-state index contributed by atoms with van der Waals surface area (Å²) in [5, 5.41) is 3.00. The SMILES string of the molecule is CNC(C)CNS(=O)(=O)c1ccc2c(c1)CCC2.Cl. The molecule has 6 heteroatoms. The van der Waals surface area contributed by atoms with Crippen LogP contribution in [0.1, 0.15) is 24.5 Å². The number of sulfonamides is 1. The molecule has 0 heterocycles. The van der Waals surface area contributed by atoms with Crippen LogP contribution >= 0.6 is 12.4 Å². The average Bonchev–Trinajstić information content (AvgIpc) is 2.83. The van der Waals surface area contributed by atoms with E-state index >= 15 is 0 Å². The summed E-state index contributed by atoms with van der Waals surface area (Å²) in [6, 6.07) is 5.58. The number of rotatable bonds is 5. The lowest BCUT2D eigenvalue weighted by Gasteiger charge is -2.12. The molecule has 4 nitrogen and oxygen atoms in total. The van der Waals surface area contributed by atoms with E-state index in [9.17, 15) is 8.42 Å². The molecule has 2 rings (SSSR count). The fourth-order valence-corrected chi connectivity index (χ4v) is 3.32. The van der Waals surface area contributed by atoms with E-state index < -0.39 is 10.0 Å². The van der Waals surface area contributed by atoms with Gasteiger partial charge in [-0.3, -0.25) is 0 Å². The molecule has 0 radical (unpaired) electrons. The van der Waals surface area contributed by atoms with Gasteiger partial charge >= 0.3 is 0 Å². The Hall–Kier alpha value is -0.620. The lowest BCUT2D eigenvalue weighted by atomic mass is 10.1. The molecule has 0 bridgehead atoms. The molecule has 0 aromatic heterocycles. The maximum atomic E-state index is 12.1. The summed E-state index contributed by atoms with van der Waals surface area (Å²) in [5.41, 5.74) is 2.47. The van der Waals surface area contributed by atoms with E-state index in [0.29, 0.717) is 11.4 Å². The molecular weight excluding hydrogens is 284 g/mol. The first-order chi connectivity index (χ1) is 8.53. The Kier molecular flexibility index (Phi) is 5.80. The van der Waals surface area contributed by atoms with Crippen molar-refractivity contribution in [2.45, 2.75) is 37.1 Å². The number of hydrogen-bond acceptors (Lipinski definition) is 3. The molecule has 0 saturated carbocycles. The molecule has 108 valence electrons. The van der Waals surface area contributed by atoms with Crippen LogP contribution in [0.5, 0.6) is 0 Å². The van der Waals surface area contributed by atoms with Crippen molar-refractivity contribution in [2.75, 3.05) is 13.6 Å². The van der Waals surface area contributed by atoms with Gasteiger partial charge in [0.1, 0.15) is 0 Å². The number of halogens is 1. The quantitative estimate of drug-likeness (QED) is 0.866. The van der Waals surface area contributed by atoms with E-state index in [-0.39, 0.29) is 18.4 Å². The number of nitrogens with one attached hydrogen (secondary N) is 2. The summed E-state index contributed by atoms with van der Waals surface area (Å²) in [7, 11) is -1.56. The van der Waals surface area contributed by atoms with Gasteiger partial charge < -0.3 is 5.32 Å². The van der Waals surface area contributed by atoms with Gasteiger partial charge in [-0.25, -0.2) is 13.1 Å². The first-order valence-electron chi connectivity index (χ1n) is 6.31. The summed E-state index contributed by atoms with van der Waals surface area (Å²) in [6.07, 6.45) is 3.19. The highest BCUT2D eigenvalue weighted by Crippen LogP contribution is 2.24. The molecule has 19 heavy (non-hydrogen) atoms. The Labute approximate surface area is 121 Å². The Bertz CT molecular complexity index is 531. The minimum absolute atomic E-state index is 0. The van der Waals surface area contributed by atoms with Gasteiger partial charge in [0.25, 0.3) is 0 Å². The van der Waals surface area contributed by atoms with Crippen molar-refractivity contribution in [3.63, 3.8) is 0 Å². The number of likely N-dealkylation sites (N-methyl/N-ethyl adjacent to an activating group) is 1. The van der Waals surface area contributed by atoms with Crippen LogP contribution in [0.3, 0.4) is 0 Å². The van der Waals surface area contributed by atoms with Crippen molar-refractivity contribution in [1.29, 1.82) is 0 Å². The summed E-state index contributed by atoms with van der Waals surface area (Å²) in [5.74, 6) is 0. The molecule has 0 amide bonds. The molecule has 2 N–H and O–H groups in total. The average molecular weight is 305 g/mol. The summed E-state index contributed by atoms with van der Waals surface area (Å²) in [4.78, 5) is 0.381. The van der Waals surface area contributed by atoms with Crippen LogP contribution < -0.4 is 10.0 Å². The number of hydrogen-bond donors (Lipinski definition) is 2. The van der Waals surface area contributed by atoms with Crippen molar-refractivity contribution in [3.05, 3.63) is 29.3 Å². The van der Waals surface area contributed by atoms with Crippen LogP contribution in [0.4, 0.5) is 0 Å². The Morgan fingerprint density at radius 2 is 1.95 bits per heavy atom. The zero-order valence-electron chi connectivity index (χ0n) is 11.3. The van der Waals surface area contributed by atoms with Gasteiger partial charge in [0.05, 0.1) is 4.90 Å². The summed E-state index contributed by atoms with van der Waals surface area (Å²) >= 11 is 0. The summed E-state index contributed by atoms with van der Waals surface area (Å²) in [6.45, 7) is 2.33. The molecule has 1 aromatic carbocycles. The van der Waals surface area contributed by atoms with Gasteiger partial charge in [-0.2, -0.15) is 0 Å². The molecule has 1 unspecified atom stereocenters. The molecule has 0 aliphatic heterocycles. The highest BCUT2D eigenvalue weighted by molar-refractivity contribution is 7.89. The van der Waals surface area contributed by atoms with Crippen LogP contribution in [0.2, 0.25) is 0 Å². The van der Waals surface area contributed by atoms with Crippen molar-refractivity contribution >= 4 is 22.4 Å². The van der Waals surface area contributed by atoms with E-state index in [1.807, 2.05) is 26.1 Å². The van der Waals surface area contributed by atoms with E-state index in [2.05, 4.69) is 10.0 Å². The second-order valence-corrected chi connectivity index (χ2v) is 6.59. The van der Waals surface area contributed by atoms with Crippen LogP contribution in [0, 0.1) is 0 Å². The number of aryl methyl sites for hydroxylation is 2. The predicted octanol–water partition coefficient (Wildman–Crippen LogP) is 1.48. The normalized spacial score (nSPS) is 15.7. The fourth-order valence-electron chi connectivity index (χ4n) is 2.14. The third-order valence-corrected chi connectivity index (χ3v) is 4.87. The highest BCUT2D eigenvalue weighted by Gasteiger charge is 2.18. The third-order valence-electron chi connectivity index (χ3n) is 3.45. The van der Waals surface area contributed by atoms with Crippen molar-refractivity contribution in [1.82, 2.24) is 10.0 Å². The van der Waals surface area contributed by atoms with Gasteiger partial charge in [0.15, 0.2) is 0 Å². The molecular formula is C13H21ClN2O2S. The number of benzene rings is 1. The smallest absolute Gasteiger partial charge is 0.240 e. The van der Waals surface area contributed by atoms with E-state index in [4.69, 9.17) is 0 Å². The molecule has 1 aliphatic carbocycles. The molecule has 0 saturated heterocycles. The standard InChI is InChI=1S/C13H20N2O2S.ClH/c1-10(14-2)9-15-18(16,17)13-7-6-11-4-3-5-12(11)8-13;/h6-8,10,14-15H,3-5,9H2,1-2H3;1H. The van der Waals surface area contributed by atoms with Gasteiger partial charge in [-0.1, -0.05) is 6.07 Å². The number of fused-ring (bicyclic) bond motifs is 1. The molecule has 0 fully saturated rings.